The molecule has 1 aromatic rings. The molecular weight excluding hydrogens is 228 g/mol. The fourth-order valence-electron chi connectivity index (χ4n) is 1.79. The summed E-state index contributed by atoms with van der Waals surface area (Å²) in [4.78, 5) is 12.4. The highest BCUT2D eigenvalue weighted by molar-refractivity contribution is 5.89. The third-order valence-electron chi connectivity index (χ3n) is 2.54. The largest absolute Gasteiger partial charge is 0.302 e. The van der Waals surface area contributed by atoms with E-state index in [1.54, 1.807) is 6.20 Å². The Labute approximate surface area is 109 Å². The average Bonchev–Trinajstić information content (AvgIpc) is 2.64. The quantitative estimate of drug-likeness (QED) is 0.856. The van der Waals surface area contributed by atoms with Crippen molar-refractivity contribution in [1.82, 2.24) is 20.7 Å². The first-order chi connectivity index (χ1) is 8.09. The lowest BCUT2D eigenvalue weighted by Gasteiger charge is -2.31. The second-order valence-corrected chi connectivity index (χ2v) is 6.73. The van der Waals surface area contributed by atoms with Crippen molar-refractivity contribution in [1.29, 1.82) is 0 Å². The van der Waals surface area contributed by atoms with Gasteiger partial charge in [0.15, 0.2) is 5.78 Å². The molecule has 1 rings (SSSR count). The second-order valence-electron chi connectivity index (χ2n) is 6.73. The molecule has 0 radical (unpaired) electrons. The lowest BCUT2D eigenvalue weighted by molar-refractivity contribution is -0.128. The van der Waals surface area contributed by atoms with Gasteiger partial charge < -0.3 is 5.32 Å². The third-order valence-corrected chi connectivity index (χ3v) is 2.54. The molecule has 1 aromatic heterocycles. The Hall–Kier alpha value is -1.23. The number of carbonyl (C=O) groups excluding carboxylic acids is 1. The maximum atomic E-state index is 12.4. The lowest BCUT2D eigenvalue weighted by atomic mass is 9.84. The Morgan fingerprint density at radius 2 is 1.94 bits per heavy atom. The van der Waals surface area contributed by atoms with Crippen LogP contribution in [0.25, 0.3) is 0 Å². The second kappa shape index (κ2) is 5.18. The van der Waals surface area contributed by atoms with Crippen LogP contribution in [0, 0.1) is 5.41 Å². The van der Waals surface area contributed by atoms with Gasteiger partial charge in [-0.15, -0.1) is 0 Å². The van der Waals surface area contributed by atoms with Gasteiger partial charge in [-0.25, -0.2) is 0 Å². The number of aromatic amines is 1. The van der Waals surface area contributed by atoms with Crippen molar-refractivity contribution >= 4 is 5.78 Å². The monoisotopic (exact) mass is 252 g/mol. The van der Waals surface area contributed by atoms with Crippen molar-refractivity contribution < 1.29 is 4.79 Å². The van der Waals surface area contributed by atoms with Gasteiger partial charge in [-0.2, -0.15) is 15.4 Å². The van der Waals surface area contributed by atoms with Crippen LogP contribution < -0.4 is 5.32 Å². The fraction of sp³-hybridized carbons (Fsp3) is 0.769. The average molecular weight is 252 g/mol. The summed E-state index contributed by atoms with van der Waals surface area (Å²) in [5, 5.41) is 13.7. The molecule has 0 aliphatic heterocycles. The molecule has 0 aliphatic rings. The molecule has 5 heteroatoms. The summed E-state index contributed by atoms with van der Waals surface area (Å²) in [5.41, 5.74) is 0.316. The summed E-state index contributed by atoms with van der Waals surface area (Å²) in [6, 6.07) is -0.241. The molecule has 0 fully saturated rings. The highest BCUT2D eigenvalue weighted by atomic mass is 16.1. The predicted octanol–water partition coefficient (Wildman–Crippen LogP) is 1.72. The minimum atomic E-state index is -0.368. The van der Waals surface area contributed by atoms with Crippen LogP contribution in [0.5, 0.6) is 0 Å². The van der Waals surface area contributed by atoms with Crippen LogP contribution in [-0.4, -0.2) is 32.8 Å². The number of nitrogens with one attached hydrogen (secondary N) is 2. The molecule has 102 valence electrons. The molecule has 0 bridgehead atoms. The van der Waals surface area contributed by atoms with E-state index in [9.17, 15) is 4.79 Å². The van der Waals surface area contributed by atoms with Gasteiger partial charge in [-0.3, -0.25) is 4.79 Å². The molecule has 5 nitrogen and oxygen atoms in total. The molecule has 0 amide bonds. The van der Waals surface area contributed by atoms with Gasteiger partial charge >= 0.3 is 0 Å². The van der Waals surface area contributed by atoms with E-state index in [0.717, 1.165) is 5.69 Å². The van der Waals surface area contributed by atoms with Gasteiger partial charge in [0.05, 0.1) is 17.9 Å². The summed E-state index contributed by atoms with van der Waals surface area (Å²) in [6.45, 7) is 12.0. The van der Waals surface area contributed by atoms with Gasteiger partial charge in [0.1, 0.15) is 0 Å². The van der Waals surface area contributed by atoms with Gasteiger partial charge in [0.2, 0.25) is 0 Å². The number of hydrogen-bond acceptors (Lipinski definition) is 4. The summed E-state index contributed by atoms with van der Waals surface area (Å²) in [5.74, 6) is 0.195. The van der Waals surface area contributed by atoms with Crippen LogP contribution in [0.4, 0.5) is 0 Å². The van der Waals surface area contributed by atoms with E-state index in [2.05, 4.69) is 41.5 Å². The minimum Gasteiger partial charge on any atom is -0.302 e. The third kappa shape index (κ3) is 4.56. The van der Waals surface area contributed by atoms with Crippen LogP contribution >= 0.6 is 0 Å². The minimum absolute atomic E-state index is 0.116. The molecule has 0 spiro atoms. The number of rotatable bonds is 4. The summed E-state index contributed by atoms with van der Waals surface area (Å²) in [7, 11) is 0. The van der Waals surface area contributed by atoms with Crippen molar-refractivity contribution in [3.8, 4) is 0 Å². The first kappa shape index (κ1) is 14.8. The highest BCUT2D eigenvalue weighted by Crippen LogP contribution is 2.20. The molecule has 0 aromatic carbocycles. The maximum absolute atomic E-state index is 12.4. The van der Waals surface area contributed by atoms with E-state index in [4.69, 9.17) is 0 Å². The number of carbonyl (C=O) groups is 1. The van der Waals surface area contributed by atoms with Crippen molar-refractivity contribution in [2.45, 2.75) is 59.5 Å². The molecule has 0 unspecified atom stereocenters. The Kier molecular flexibility index (Phi) is 4.27. The first-order valence-corrected chi connectivity index (χ1v) is 6.26. The molecule has 1 heterocycles. The number of aromatic nitrogens is 3. The standard InChI is InChI=1S/C13H24N4O/c1-12(2,3)11(18)10(15-13(4,5)6)7-9-8-14-17-16-9/h8,10,15H,7H2,1-6H3,(H,14,16,17)/t10-/m0/s1. The van der Waals surface area contributed by atoms with E-state index < -0.39 is 0 Å². The fourth-order valence-corrected chi connectivity index (χ4v) is 1.79. The molecule has 18 heavy (non-hydrogen) atoms. The van der Waals surface area contributed by atoms with E-state index in [1.165, 1.54) is 0 Å². The summed E-state index contributed by atoms with van der Waals surface area (Å²) < 4.78 is 0. The van der Waals surface area contributed by atoms with Crippen LogP contribution in [0.1, 0.15) is 47.2 Å². The van der Waals surface area contributed by atoms with Crippen LogP contribution in [0.15, 0.2) is 6.20 Å². The van der Waals surface area contributed by atoms with Crippen molar-refractivity contribution in [3.63, 3.8) is 0 Å². The zero-order chi connectivity index (χ0) is 14.0. The molecule has 2 N–H and O–H groups in total. The SMILES string of the molecule is CC(C)(C)N[C@@H](Cc1cn[nH]n1)C(=O)C(C)(C)C. The number of hydrogen-bond donors (Lipinski definition) is 2. The first-order valence-electron chi connectivity index (χ1n) is 6.26. The van der Waals surface area contributed by atoms with E-state index in [0.29, 0.717) is 6.42 Å². The molecule has 1 atom stereocenters. The Bertz CT molecular complexity index is 384. The van der Waals surface area contributed by atoms with E-state index in [1.807, 2.05) is 20.8 Å². The number of Topliss-reactive ketones (excluding diaryl/α,β-unsaturated/α-hetero) is 1. The van der Waals surface area contributed by atoms with Gasteiger partial charge in [-0.05, 0) is 20.8 Å². The highest BCUT2D eigenvalue weighted by Gasteiger charge is 2.32. The zero-order valence-electron chi connectivity index (χ0n) is 12.2. The van der Waals surface area contributed by atoms with E-state index in [-0.39, 0.29) is 22.8 Å². The van der Waals surface area contributed by atoms with Crippen molar-refractivity contribution in [2.75, 3.05) is 0 Å². The van der Waals surface area contributed by atoms with Gasteiger partial charge in [0, 0.05) is 17.4 Å². The topological polar surface area (TPSA) is 70.7 Å². The van der Waals surface area contributed by atoms with Crippen LogP contribution in [0.2, 0.25) is 0 Å². The Balaban J connectivity index is 2.85. The van der Waals surface area contributed by atoms with Gasteiger partial charge in [0.25, 0.3) is 0 Å². The number of ketones is 1. The van der Waals surface area contributed by atoms with Gasteiger partial charge in [-0.1, -0.05) is 20.8 Å². The van der Waals surface area contributed by atoms with Crippen molar-refractivity contribution in [2.24, 2.45) is 5.41 Å². The smallest absolute Gasteiger partial charge is 0.155 e. The Morgan fingerprint density at radius 1 is 1.33 bits per heavy atom. The molecule has 0 saturated heterocycles. The molecule has 0 saturated carbocycles. The normalized spacial score (nSPS) is 14.6. The zero-order valence-corrected chi connectivity index (χ0v) is 12.2. The lowest BCUT2D eigenvalue weighted by Crippen LogP contribution is -2.51. The number of nitrogens with zero attached hydrogens (tertiary/aromatic N) is 2. The molecular formula is C13H24N4O. The maximum Gasteiger partial charge on any atom is 0.155 e. The predicted molar refractivity (Wildman–Crippen MR) is 71.2 cm³/mol. The van der Waals surface area contributed by atoms with Crippen LogP contribution in [-0.2, 0) is 11.2 Å². The molecule has 0 aliphatic carbocycles. The van der Waals surface area contributed by atoms with E-state index >= 15 is 0 Å². The van der Waals surface area contributed by atoms with Crippen LogP contribution in [0.3, 0.4) is 0 Å². The van der Waals surface area contributed by atoms with Crippen molar-refractivity contribution in [3.05, 3.63) is 11.9 Å². The number of H-pyrrole nitrogens is 1. The summed E-state index contributed by atoms with van der Waals surface area (Å²) in [6.07, 6.45) is 2.22. The summed E-state index contributed by atoms with van der Waals surface area (Å²) >= 11 is 0. The Morgan fingerprint density at radius 3 is 2.33 bits per heavy atom.